The molecule has 0 radical (unpaired) electrons. The van der Waals surface area contributed by atoms with Gasteiger partial charge in [-0.05, 0) is 55.2 Å². The fraction of sp³-hybridized carbons (Fsp3) is 0.250. The molecule has 6 nitrogen and oxygen atoms in total. The number of barbiturate groups is 1. The van der Waals surface area contributed by atoms with Gasteiger partial charge >= 0.3 is 6.03 Å². The summed E-state index contributed by atoms with van der Waals surface area (Å²) in [5, 5.41) is 2.20. The van der Waals surface area contributed by atoms with Crippen molar-refractivity contribution in [3.8, 4) is 0 Å². The van der Waals surface area contributed by atoms with Crippen LogP contribution in [0.4, 0.5) is 10.5 Å². The van der Waals surface area contributed by atoms with Gasteiger partial charge in [-0.15, -0.1) is 0 Å². The molecule has 0 spiro atoms. The van der Waals surface area contributed by atoms with Crippen LogP contribution in [0.2, 0.25) is 0 Å². The number of anilines is 1. The summed E-state index contributed by atoms with van der Waals surface area (Å²) in [5.41, 5.74) is 1.39. The molecule has 6 heteroatoms. The first-order valence-electron chi connectivity index (χ1n) is 8.48. The maximum absolute atomic E-state index is 12.8. The molecule has 1 aliphatic heterocycles. The Bertz CT molecular complexity index is 893. The van der Waals surface area contributed by atoms with E-state index in [0.717, 1.165) is 16.9 Å². The number of furan rings is 1. The molecule has 4 amide bonds. The van der Waals surface area contributed by atoms with Crippen LogP contribution in [0.1, 0.15) is 43.3 Å². The first-order chi connectivity index (χ1) is 12.4. The zero-order valence-corrected chi connectivity index (χ0v) is 14.9. The number of carbonyl (C=O) groups excluding carboxylic acids is 3. The van der Waals surface area contributed by atoms with Gasteiger partial charge < -0.3 is 4.42 Å². The maximum atomic E-state index is 12.8. The van der Waals surface area contributed by atoms with E-state index in [2.05, 4.69) is 19.2 Å². The predicted octanol–water partition coefficient (Wildman–Crippen LogP) is 3.77. The number of hydrogen-bond donors (Lipinski definition) is 1. The summed E-state index contributed by atoms with van der Waals surface area (Å²) in [7, 11) is 0. The average molecular weight is 352 g/mol. The van der Waals surface area contributed by atoms with Crippen LogP contribution >= 0.6 is 0 Å². The average Bonchev–Trinajstić information content (AvgIpc) is 3.03. The summed E-state index contributed by atoms with van der Waals surface area (Å²) in [6, 6.07) is 9.83. The summed E-state index contributed by atoms with van der Waals surface area (Å²) < 4.78 is 5.39. The Balaban J connectivity index is 1.94. The summed E-state index contributed by atoms with van der Waals surface area (Å²) in [6.45, 7) is 5.97. The molecule has 1 aromatic carbocycles. The molecule has 0 aliphatic carbocycles. The Morgan fingerprint density at radius 3 is 2.38 bits per heavy atom. The summed E-state index contributed by atoms with van der Waals surface area (Å²) >= 11 is 0. The Hall–Kier alpha value is -3.15. The highest BCUT2D eigenvalue weighted by Crippen LogP contribution is 2.25. The van der Waals surface area contributed by atoms with Gasteiger partial charge in [0.1, 0.15) is 17.1 Å². The molecule has 1 aliphatic rings. The zero-order chi connectivity index (χ0) is 18.8. The molecular formula is C20H20N2O4. The van der Waals surface area contributed by atoms with E-state index in [-0.39, 0.29) is 5.57 Å². The molecule has 0 saturated carbocycles. The normalized spacial score (nSPS) is 17.6. The molecule has 1 atom stereocenters. The second-order valence-corrected chi connectivity index (χ2v) is 6.31. The Kier molecular flexibility index (Phi) is 4.75. The van der Waals surface area contributed by atoms with Crippen LogP contribution in [0, 0.1) is 6.92 Å². The van der Waals surface area contributed by atoms with Crippen LogP contribution in [-0.4, -0.2) is 17.8 Å². The van der Waals surface area contributed by atoms with Crippen molar-refractivity contribution in [3.05, 3.63) is 59.1 Å². The van der Waals surface area contributed by atoms with Crippen molar-refractivity contribution in [1.29, 1.82) is 0 Å². The van der Waals surface area contributed by atoms with Gasteiger partial charge in [0.05, 0.1) is 5.69 Å². The number of amides is 4. The molecule has 26 heavy (non-hydrogen) atoms. The lowest BCUT2D eigenvalue weighted by atomic mass is 9.98. The van der Waals surface area contributed by atoms with E-state index in [1.165, 1.54) is 6.08 Å². The van der Waals surface area contributed by atoms with Crippen molar-refractivity contribution < 1.29 is 18.8 Å². The SMILES string of the molecule is CC[C@H](C)c1ccc(N2C(=O)NC(=O)/C(=C\c3ccc(C)o3)C2=O)cc1. The predicted molar refractivity (Wildman–Crippen MR) is 97.6 cm³/mol. The van der Waals surface area contributed by atoms with Crippen molar-refractivity contribution in [1.82, 2.24) is 5.32 Å². The number of aryl methyl sites for hydroxylation is 1. The van der Waals surface area contributed by atoms with Crippen molar-refractivity contribution in [2.24, 2.45) is 0 Å². The van der Waals surface area contributed by atoms with E-state index in [9.17, 15) is 14.4 Å². The number of urea groups is 1. The van der Waals surface area contributed by atoms with E-state index in [4.69, 9.17) is 4.42 Å². The molecule has 1 fully saturated rings. The minimum Gasteiger partial charge on any atom is -0.462 e. The van der Waals surface area contributed by atoms with Crippen molar-refractivity contribution in [2.45, 2.75) is 33.1 Å². The van der Waals surface area contributed by atoms with Gasteiger partial charge in [0.15, 0.2) is 0 Å². The second-order valence-electron chi connectivity index (χ2n) is 6.31. The molecule has 1 aromatic heterocycles. The van der Waals surface area contributed by atoms with Crippen LogP contribution in [-0.2, 0) is 9.59 Å². The van der Waals surface area contributed by atoms with Crippen molar-refractivity contribution in [3.63, 3.8) is 0 Å². The van der Waals surface area contributed by atoms with Gasteiger partial charge in [0, 0.05) is 0 Å². The smallest absolute Gasteiger partial charge is 0.335 e. The van der Waals surface area contributed by atoms with E-state index in [1.54, 1.807) is 31.2 Å². The third-order valence-corrected chi connectivity index (χ3v) is 4.48. The molecule has 0 unspecified atom stereocenters. The van der Waals surface area contributed by atoms with E-state index < -0.39 is 17.8 Å². The third kappa shape index (κ3) is 3.31. The molecule has 0 bridgehead atoms. The lowest BCUT2D eigenvalue weighted by molar-refractivity contribution is -0.122. The summed E-state index contributed by atoms with van der Waals surface area (Å²) in [4.78, 5) is 38.0. The van der Waals surface area contributed by atoms with Crippen molar-refractivity contribution in [2.75, 3.05) is 4.90 Å². The van der Waals surface area contributed by atoms with E-state index in [1.807, 2.05) is 12.1 Å². The number of imide groups is 2. The number of hydrogen-bond acceptors (Lipinski definition) is 4. The monoisotopic (exact) mass is 352 g/mol. The fourth-order valence-electron chi connectivity index (χ4n) is 2.75. The number of nitrogens with zero attached hydrogens (tertiary/aromatic N) is 1. The van der Waals surface area contributed by atoms with Gasteiger partial charge in [-0.1, -0.05) is 26.0 Å². The number of carbonyl (C=O) groups is 3. The van der Waals surface area contributed by atoms with Gasteiger partial charge in [0.25, 0.3) is 11.8 Å². The van der Waals surface area contributed by atoms with Crippen molar-refractivity contribution >= 4 is 29.6 Å². The highest BCUT2D eigenvalue weighted by molar-refractivity contribution is 6.39. The topological polar surface area (TPSA) is 79.6 Å². The van der Waals surface area contributed by atoms with Crippen LogP contribution in [0.3, 0.4) is 0 Å². The second kappa shape index (κ2) is 7.00. The number of nitrogens with one attached hydrogen (secondary N) is 1. The van der Waals surface area contributed by atoms with E-state index in [0.29, 0.717) is 23.1 Å². The Morgan fingerprint density at radius 2 is 1.81 bits per heavy atom. The molecule has 2 heterocycles. The van der Waals surface area contributed by atoms with Gasteiger partial charge in [0.2, 0.25) is 0 Å². The quantitative estimate of drug-likeness (QED) is 0.671. The fourth-order valence-corrected chi connectivity index (χ4v) is 2.75. The minimum absolute atomic E-state index is 0.148. The summed E-state index contributed by atoms with van der Waals surface area (Å²) in [5.74, 6) is 0.0104. The van der Waals surface area contributed by atoms with Gasteiger partial charge in [-0.2, -0.15) is 0 Å². The Labute approximate surface area is 151 Å². The Morgan fingerprint density at radius 1 is 1.12 bits per heavy atom. The standard InChI is InChI=1S/C20H20N2O4/c1-4-12(2)14-6-8-15(9-7-14)22-19(24)17(18(23)21-20(22)25)11-16-10-5-13(3)26-16/h5-12H,4H2,1-3H3,(H,21,23,25)/b17-11+/t12-/m0/s1. The van der Waals surface area contributed by atoms with Crippen LogP contribution < -0.4 is 10.2 Å². The van der Waals surface area contributed by atoms with Gasteiger partial charge in [-0.3, -0.25) is 14.9 Å². The molecule has 1 N–H and O–H groups in total. The maximum Gasteiger partial charge on any atom is 0.335 e. The molecule has 2 aromatic rings. The molecule has 1 saturated heterocycles. The third-order valence-electron chi connectivity index (χ3n) is 4.48. The highest BCUT2D eigenvalue weighted by atomic mass is 16.3. The zero-order valence-electron chi connectivity index (χ0n) is 14.9. The van der Waals surface area contributed by atoms with Crippen LogP contribution in [0.25, 0.3) is 6.08 Å². The summed E-state index contributed by atoms with van der Waals surface area (Å²) in [6.07, 6.45) is 2.34. The number of benzene rings is 1. The largest absolute Gasteiger partial charge is 0.462 e. The molecule has 3 rings (SSSR count). The first kappa shape index (κ1) is 17.7. The van der Waals surface area contributed by atoms with E-state index >= 15 is 0 Å². The number of rotatable bonds is 4. The molecule has 134 valence electrons. The first-order valence-corrected chi connectivity index (χ1v) is 8.48. The van der Waals surface area contributed by atoms with Gasteiger partial charge in [-0.25, -0.2) is 9.69 Å². The highest BCUT2D eigenvalue weighted by Gasteiger charge is 2.37. The lowest BCUT2D eigenvalue weighted by Crippen LogP contribution is -2.54. The van der Waals surface area contributed by atoms with Crippen LogP contribution in [0.5, 0.6) is 0 Å². The van der Waals surface area contributed by atoms with Crippen LogP contribution in [0.15, 0.2) is 46.4 Å². The minimum atomic E-state index is -0.760. The lowest BCUT2D eigenvalue weighted by Gasteiger charge is -2.26. The molecular weight excluding hydrogens is 332 g/mol.